The number of methoxy groups -OCH3 is 1. The molecule has 1 aromatic rings. The van der Waals surface area contributed by atoms with Crippen LogP contribution in [0.25, 0.3) is 0 Å². The van der Waals surface area contributed by atoms with E-state index in [-0.39, 0.29) is 24.4 Å². The van der Waals surface area contributed by atoms with Crippen molar-refractivity contribution in [3.05, 3.63) is 23.7 Å². The third kappa shape index (κ3) is 3.39. The Morgan fingerprint density at radius 2 is 2.25 bits per heavy atom. The lowest BCUT2D eigenvalue weighted by Crippen LogP contribution is -2.51. The summed E-state index contributed by atoms with van der Waals surface area (Å²) in [4.78, 5) is 23.6. The number of aryl methyl sites for hydroxylation is 1. The number of carbonyl (C=O) groups excluding carboxylic acids is 2. The summed E-state index contributed by atoms with van der Waals surface area (Å²) in [6.45, 7) is 2.34. The van der Waals surface area contributed by atoms with E-state index in [2.05, 4.69) is 10.6 Å². The van der Waals surface area contributed by atoms with Crippen molar-refractivity contribution in [1.82, 2.24) is 10.6 Å². The molecule has 0 radical (unpaired) electrons. The van der Waals surface area contributed by atoms with Gasteiger partial charge in [0.2, 0.25) is 5.91 Å². The lowest BCUT2D eigenvalue weighted by atomic mass is 9.80. The van der Waals surface area contributed by atoms with Crippen LogP contribution >= 0.6 is 0 Å². The van der Waals surface area contributed by atoms with Crippen molar-refractivity contribution in [1.29, 1.82) is 0 Å². The Morgan fingerprint density at radius 3 is 2.80 bits per heavy atom. The Balaban J connectivity index is 1.73. The molecular weight excluding hydrogens is 260 g/mol. The second-order valence-electron chi connectivity index (χ2n) is 5.04. The van der Waals surface area contributed by atoms with Gasteiger partial charge in [0, 0.05) is 19.1 Å². The standard InChI is InChI=1S/C14H20N2O4/c1-9-11(5-6-20-9)14(18)15-7-13(17)16-12-4-3-10(12)8-19-2/h5-6,10,12H,3-4,7-8H2,1-2H3,(H,15,18)(H,16,17)/t10-,12-/m1/s1. The third-order valence-electron chi connectivity index (χ3n) is 3.66. The molecule has 1 aliphatic rings. The lowest BCUT2D eigenvalue weighted by molar-refractivity contribution is -0.122. The topological polar surface area (TPSA) is 80.6 Å². The molecule has 0 saturated heterocycles. The molecule has 0 unspecified atom stereocenters. The summed E-state index contributed by atoms with van der Waals surface area (Å²) in [5.41, 5.74) is 0.457. The highest BCUT2D eigenvalue weighted by Gasteiger charge is 2.31. The molecule has 2 amide bonds. The van der Waals surface area contributed by atoms with Gasteiger partial charge in [0.1, 0.15) is 5.76 Å². The van der Waals surface area contributed by atoms with Crippen molar-refractivity contribution < 1.29 is 18.7 Å². The number of hydrogen-bond acceptors (Lipinski definition) is 4. The molecule has 1 saturated carbocycles. The Kier molecular flexibility index (Phi) is 4.79. The van der Waals surface area contributed by atoms with Crippen LogP contribution in [0, 0.1) is 12.8 Å². The molecule has 1 heterocycles. The second-order valence-corrected chi connectivity index (χ2v) is 5.04. The lowest BCUT2D eigenvalue weighted by Gasteiger charge is -2.36. The number of nitrogens with one attached hydrogen (secondary N) is 2. The van der Waals surface area contributed by atoms with Crippen molar-refractivity contribution >= 4 is 11.8 Å². The number of rotatable bonds is 6. The number of ether oxygens (including phenoxy) is 1. The van der Waals surface area contributed by atoms with Crippen LogP contribution in [-0.4, -0.2) is 38.1 Å². The molecule has 2 atom stereocenters. The Hall–Kier alpha value is -1.82. The monoisotopic (exact) mass is 280 g/mol. The minimum atomic E-state index is -0.298. The van der Waals surface area contributed by atoms with Gasteiger partial charge in [-0.05, 0) is 25.8 Å². The van der Waals surface area contributed by atoms with Gasteiger partial charge in [-0.25, -0.2) is 0 Å². The van der Waals surface area contributed by atoms with Crippen LogP contribution in [0.15, 0.2) is 16.7 Å². The van der Waals surface area contributed by atoms with Crippen molar-refractivity contribution in [2.75, 3.05) is 20.3 Å². The van der Waals surface area contributed by atoms with Gasteiger partial charge in [-0.3, -0.25) is 9.59 Å². The van der Waals surface area contributed by atoms with Gasteiger partial charge in [0.25, 0.3) is 5.91 Å². The van der Waals surface area contributed by atoms with E-state index in [0.29, 0.717) is 23.8 Å². The van der Waals surface area contributed by atoms with Crippen molar-refractivity contribution in [2.24, 2.45) is 5.92 Å². The maximum absolute atomic E-state index is 11.8. The molecule has 6 nitrogen and oxygen atoms in total. The summed E-state index contributed by atoms with van der Waals surface area (Å²) in [5, 5.41) is 5.49. The average Bonchev–Trinajstić information content (AvgIpc) is 2.84. The van der Waals surface area contributed by atoms with Crippen LogP contribution in [0.3, 0.4) is 0 Å². The zero-order chi connectivity index (χ0) is 14.5. The van der Waals surface area contributed by atoms with Crippen LogP contribution < -0.4 is 10.6 Å². The van der Waals surface area contributed by atoms with Crippen LogP contribution in [0.5, 0.6) is 0 Å². The van der Waals surface area contributed by atoms with E-state index < -0.39 is 0 Å². The largest absolute Gasteiger partial charge is 0.469 e. The number of carbonyl (C=O) groups is 2. The molecule has 0 spiro atoms. The van der Waals surface area contributed by atoms with E-state index >= 15 is 0 Å². The molecule has 0 aliphatic heterocycles. The molecule has 110 valence electrons. The molecular formula is C14H20N2O4. The molecule has 0 bridgehead atoms. The van der Waals surface area contributed by atoms with Crippen molar-refractivity contribution in [3.63, 3.8) is 0 Å². The minimum absolute atomic E-state index is 0.0281. The van der Waals surface area contributed by atoms with Gasteiger partial charge in [-0.1, -0.05) is 0 Å². The molecule has 1 aliphatic carbocycles. The van der Waals surface area contributed by atoms with Crippen LogP contribution in [0.2, 0.25) is 0 Å². The summed E-state index contributed by atoms with van der Waals surface area (Å²) >= 11 is 0. The summed E-state index contributed by atoms with van der Waals surface area (Å²) in [6, 6.07) is 1.75. The zero-order valence-corrected chi connectivity index (χ0v) is 11.8. The molecule has 1 fully saturated rings. The Morgan fingerprint density at radius 1 is 1.45 bits per heavy atom. The fraction of sp³-hybridized carbons (Fsp3) is 0.571. The zero-order valence-electron chi connectivity index (χ0n) is 11.8. The second kappa shape index (κ2) is 6.56. The van der Waals surface area contributed by atoms with E-state index in [1.54, 1.807) is 20.1 Å². The first kappa shape index (κ1) is 14.6. The molecule has 2 rings (SSSR count). The van der Waals surface area contributed by atoms with Crippen LogP contribution in [-0.2, 0) is 9.53 Å². The van der Waals surface area contributed by atoms with Gasteiger partial charge in [-0.15, -0.1) is 0 Å². The maximum Gasteiger partial charge on any atom is 0.255 e. The van der Waals surface area contributed by atoms with E-state index in [9.17, 15) is 9.59 Å². The van der Waals surface area contributed by atoms with Crippen LogP contribution in [0.1, 0.15) is 29.0 Å². The van der Waals surface area contributed by atoms with Gasteiger partial charge < -0.3 is 19.8 Å². The molecule has 20 heavy (non-hydrogen) atoms. The Bertz CT molecular complexity index is 483. The van der Waals surface area contributed by atoms with E-state index in [0.717, 1.165) is 12.8 Å². The fourth-order valence-electron chi connectivity index (χ4n) is 2.31. The normalized spacial score (nSPS) is 21.1. The Labute approximate surface area is 117 Å². The van der Waals surface area contributed by atoms with Crippen LogP contribution in [0.4, 0.5) is 0 Å². The average molecular weight is 280 g/mol. The minimum Gasteiger partial charge on any atom is -0.469 e. The third-order valence-corrected chi connectivity index (χ3v) is 3.66. The van der Waals surface area contributed by atoms with Gasteiger partial charge in [-0.2, -0.15) is 0 Å². The summed E-state index contributed by atoms with van der Waals surface area (Å²) < 4.78 is 10.1. The van der Waals surface area contributed by atoms with E-state index in [4.69, 9.17) is 9.15 Å². The number of hydrogen-bond donors (Lipinski definition) is 2. The summed E-state index contributed by atoms with van der Waals surface area (Å²) in [7, 11) is 1.66. The van der Waals surface area contributed by atoms with Crippen molar-refractivity contribution in [2.45, 2.75) is 25.8 Å². The molecule has 2 N–H and O–H groups in total. The van der Waals surface area contributed by atoms with Gasteiger partial charge in [0.15, 0.2) is 0 Å². The maximum atomic E-state index is 11.8. The number of furan rings is 1. The highest BCUT2D eigenvalue weighted by Crippen LogP contribution is 2.27. The summed E-state index contributed by atoms with van der Waals surface area (Å²) in [5.74, 6) is 0.455. The molecule has 1 aromatic heterocycles. The SMILES string of the molecule is COC[C@H]1CC[C@H]1NC(=O)CNC(=O)c1ccoc1C. The fourth-order valence-corrected chi connectivity index (χ4v) is 2.31. The predicted octanol–water partition coefficient (Wildman–Crippen LogP) is 0.859. The number of amides is 2. The highest BCUT2D eigenvalue weighted by atomic mass is 16.5. The van der Waals surface area contributed by atoms with Gasteiger partial charge in [0.05, 0.1) is 25.0 Å². The highest BCUT2D eigenvalue weighted by molar-refractivity contribution is 5.97. The first-order chi connectivity index (χ1) is 9.61. The van der Waals surface area contributed by atoms with Crippen molar-refractivity contribution in [3.8, 4) is 0 Å². The quantitative estimate of drug-likeness (QED) is 0.810. The van der Waals surface area contributed by atoms with Gasteiger partial charge >= 0.3 is 0 Å². The molecule has 0 aromatic carbocycles. The first-order valence-electron chi connectivity index (χ1n) is 6.72. The first-order valence-corrected chi connectivity index (χ1v) is 6.72. The van der Waals surface area contributed by atoms with E-state index in [1.807, 2.05) is 0 Å². The summed E-state index contributed by atoms with van der Waals surface area (Å²) in [6.07, 6.45) is 3.49. The molecule has 6 heteroatoms. The smallest absolute Gasteiger partial charge is 0.255 e. The van der Waals surface area contributed by atoms with E-state index in [1.165, 1.54) is 6.26 Å². The predicted molar refractivity (Wildman–Crippen MR) is 72.3 cm³/mol.